The molecule has 68 valence electrons. The molecule has 0 aliphatic heterocycles. The summed E-state index contributed by atoms with van der Waals surface area (Å²) in [6.07, 6.45) is 4.95. The second-order valence-corrected chi connectivity index (χ2v) is 3.23. The molecule has 0 aliphatic carbocycles. The average Bonchev–Trinajstić information content (AvgIpc) is 2.49. The lowest BCUT2D eigenvalue weighted by atomic mass is 10.3. The van der Waals surface area contributed by atoms with Gasteiger partial charge in [0.2, 0.25) is 0 Å². The van der Waals surface area contributed by atoms with Crippen LogP contribution in [0.4, 0.5) is 0 Å². The molecule has 0 radical (unpaired) electrons. The van der Waals surface area contributed by atoms with Crippen LogP contribution in [-0.2, 0) is 6.54 Å². The van der Waals surface area contributed by atoms with Crippen molar-refractivity contribution in [3.63, 3.8) is 0 Å². The van der Waals surface area contributed by atoms with Crippen molar-refractivity contribution in [2.24, 2.45) is 0 Å². The van der Waals surface area contributed by atoms with Gasteiger partial charge in [0.25, 0.3) is 0 Å². The Morgan fingerprint density at radius 2 is 2.33 bits per heavy atom. The van der Waals surface area contributed by atoms with E-state index in [0.29, 0.717) is 6.04 Å². The van der Waals surface area contributed by atoms with Crippen molar-refractivity contribution in [2.75, 3.05) is 6.54 Å². The molecule has 3 heteroatoms. The Hall–Kier alpha value is -0.830. The van der Waals surface area contributed by atoms with Gasteiger partial charge < -0.3 is 5.32 Å². The molecule has 0 saturated heterocycles. The van der Waals surface area contributed by atoms with E-state index < -0.39 is 0 Å². The van der Waals surface area contributed by atoms with Crippen LogP contribution in [0.3, 0.4) is 0 Å². The van der Waals surface area contributed by atoms with E-state index in [-0.39, 0.29) is 0 Å². The van der Waals surface area contributed by atoms with Crippen LogP contribution in [-0.4, -0.2) is 22.4 Å². The number of nitrogens with zero attached hydrogens (tertiary/aromatic N) is 2. The number of nitrogens with one attached hydrogen (secondary N) is 1. The van der Waals surface area contributed by atoms with Crippen molar-refractivity contribution in [1.82, 2.24) is 15.1 Å². The predicted molar refractivity (Wildman–Crippen MR) is 50.0 cm³/mol. The van der Waals surface area contributed by atoms with Gasteiger partial charge in [-0.15, -0.1) is 0 Å². The maximum Gasteiger partial charge on any atom is 0.0489 e. The molecule has 0 fully saturated rings. The zero-order chi connectivity index (χ0) is 8.81. The molecule has 3 nitrogen and oxygen atoms in total. The molecule has 1 aromatic rings. The van der Waals surface area contributed by atoms with Crippen molar-refractivity contribution in [3.8, 4) is 0 Å². The zero-order valence-corrected chi connectivity index (χ0v) is 7.83. The van der Waals surface area contributed by atoms with Crippen LogP contribution in [0.25, 0.3) is 0 Å². The van der Waals surface area contributed by atoms with Gasteiger partial charge in [-0.1, -0.05) is 13.8 Å². The molecular weight excluding hydrogens is 150 g/mol. The number of aromatic nitrogens is 2. The Labute approximate surface area is 73.8 Å². The highest BCUT2D eigenvalue weighted by Crippen LogP contribution is 1.88. The second kappa shape index (κ2) is 4.93. The summed E-state index contributed by atoms with van der Waals surface area (Å²) >= 11 is 0. The van der Waals surface area contributed by atoms with Gasteiger partial charge >= 0.3 is 0 Å². The molecule has 0 spiro atoms. The molecule has 0 bridgehead atoms. The van der Waals surface area contributed by atoms with E-state index in [1.807, 2.05) is 23.1 Å². The zero-order valence-electron chi connectivity index (χ0n) is 7.83. The molecule has 0 aromatic carbocycles. The highest BCUT2D eigenvalue weighted by Gasteiger charge is 1.92. The molecule has 0 amide bonds. The van der Waals surface area contributed by atoms with E-state index in [1.165, 1.54) is 0 Å². The van der Waals surface area contributed by atoms with E-state index >= 15 is 0 Å². The standard InChI is InChI=1S/C9H17N3/c1-9(2)10-5-3-7-12-8-4-6-11-12/h4,6,8-10H,3,5,7H2,1-2H3. The lowest BCUT2D eigenvalue weighted by Gasteiger charge is -2.07. The molecule has 1 aromatic heterocycles. The number of hydrogen-bond acceptors (Lipinski definition) is 2. The molecule has 0 aliphatic rings. The summed E-state index contributed by atoms with van der Waals surface area (Å²) in [6, 6.07) is 2.54. The maximum absolute atomic E-state index is 4.12. The first-order valence-corrected chi connectivity index (χ1v) is 4.50. The number of hydrogen-bond donors (Lipinski definition) is 1. The molecule has 1 rings (SSSR count). The summed E-state index contributed by atoms with van der Waals surface area (Å²) in [5, 5.41) is 7.49. The van der Waals surface area contributed by atoms with Crippen molar-refractivity contribution < 1.29 is 0 Å². The van der Waals surface area contributed by atoms with Crippen LogP contribution in [0.5, 0.6) is 0 Å². The van der Waals surface area contributed by atoms with Gasteiger partial charge in [-0.25, -0.2) is 0 Å². The highest BCUT2D eigenvalue weighted by molar-refractivity contribution is 4.77. The second-order valence-electron chi connectivity index (χ2n) is 3.23. The lowest BCUT2D eigenvalue weighted by Crippen LogP contribution is -2.24. The Bertz CT molecular complexity index is 192. The van der Waals surface area contributed by atoms with Crippen molar-refractivity contribution in [1.29, 1.82) is 0 Å². The lowest BCUT2D eigenvalue weighted by molar-refractivity contribution is 0.513. The Morgan fingerprint density at radius 3 is 2.92 bits per heavy atom. The quantitative estimate of drug-likeness (QED) is 0.669. The van der Waals surface area contributed by atoms with Crippen LogP contribution in [0, 0.1) is 0 Å². The first-order chi connectivity index (χ1) is 5.79. The summed E-state index contributed by atoms with van der Waals surface area (Å²) in [4.78, 5) is 0. The first-order valence-electron chi connectivity index (χ1n) is 4.50. The molecular formula is C9H17N3. The molecule has 1 heterocycles. The SMILES string of the molecule is CC(C)NCCCn1cccn1. The van der Waals surface area contributed by atoms with E-state index in [9.17, 15) is 0 Å². The summed E-state index contributed by atoms with van der Waals surface area (Å²) in [5.41, 5.74) is 0. The third kappa shape index (κ3) is 3.53. The minimum atomic E-state index is 0.586. The van der Waals surface area contributed by atoms with Gasteiger partial charge in [-0.2, -0.15) is 5.10 Å². The molecule has 0 unspecified atom stereocenters. The van der Waals surface area contributed by atoms with Crippen LogP contribution >= 0.6 is 0 Å². The molecule has 0 atom stereocenters. The normalized spacial score (nSPS) is 10.9. The summed E-state index contributed by atoms with van der Waals surface area (Å²) < 4.78 is 1.96. The van der Waals surface area contributed by atoms with Crippen LogP contribution in [0.15, 0.2) is 18.5 Å². The summed E-state index contributed by atoms with van der Waals surface area (Å²) in [5.74, 6) is 0. The number of rotatable bonds is 5. The third-order valence-corrected chi connectivity index (χ3v) is 1.68. The Balaban J connectivity index is 2.04. The highest BCUT2D eigenvalue weighted by atomic mass is 15.3. The largest absolute Gasteiger partial charge is 0.314 e. The van der Waals surface area contributed by atoms with E-state index in [1.54, 1.807) is 0 Å². The smallest absolute Gasteiger partial charge is 0.0489 e. The Morgan fingerprint density at radius 1 is 1.50 bits per heavy atom. The average molecular weight is 167 g/mol. The van der Waals surface area contributed by atoms with Crippen LogP contribution in [0.1, 0.15) is 20.3 Å². The van der Waals surface area contributed by atoms with Crippen LogP contribution < -0.4 is 5.32 Å². The molecule has 1 N–H and O–H groups in total. The van der Waals surface area contributed by atoms with Gasteiger partial charge in [0.1, 0.15) is 0 Å². The summed E-state index contributed by atoms with van der Waals surface area (Å²) in [7, 11) is 0. The maximum atomic E-state index is 4.12. The van der Waals surface area contributed by atoms with Crippen molar-refractivity contribution >= 4 is 0 Å². The number of aryl methyl sites for hydroxylation is 1. The minimum Gasteiger partial charge on any atom is -0.314 e. The van der Waals surface area contributed by atoms with E-state index in [0.717, 1.165) is 19.5 Å². The minimum absolute atomic E-state index is 0.586. The van der Waals surface area contributed by atoms with E-state index in [4.69, 9.17) is 0 Å². The van der Waals surface area contributed by atoms with Gasteiger partial charge in [0.05, 0.1) is 0 Å². The topological polar surface area (TPSA) is 29.9 Å². The van der Waals surface area contributed by atoms with Gasteiger partial charge in [-0.3, -0.25) is 4.68 Å². The monoisotopic (exact) mass is 167 g/mol. The van der Waals surface area contributed by atoms with Gasteiger partial charge in [0.15, 0.2) is 0 Å². The van der Waals surface area contributed by atoms with Gasteiger partial charge in [-0.05, 0) is 19.0 Å². The van der Waals surface area contributed by atoms with Gasteiger partial charge in [0, 0.05) is 25.0 Å². The van der Waals surface area contributed by atoms with Crippen molar-refractivity contribution in [2.45, 2.75) is 32.9 Å². The predicted octanol–water partition coefficient (Wildman–Crippen LogP) is 1.27. The fraction of sp³-hybridized carbons (Fsp3) is 0.667. The fourth-order valence-corrected chi connectivity index (χ4v) is 1.06. The third-order valence-electron chi connectivity index (χ3n) is 1.68. The fourth-order valence-electron chi connectivity index (χ4n) is 1.06. The first kappa shape index (κ1) is 9.26. The molecule has 0 saturated carbocycles. The van der Waals surface area contributed by atoms with Crippen molar-refractivity contribution in [3.05, 3.63) is 18.5 Å². The summed E-state index contributed by atoms with van der Waals surface area (Å²) in [6.45, 7) is 6.39. The Kier molecular flexibility index (Phi) is 3.80. The van der Waals surface area contributed by atoms with Crippen LogP contribution in [0.2, 0.25) is 0 Å². The van der Waals surface area contributed by atoms with E-state index in [2.05, 4.69) is 24.3 Å². The molecule has 12 heavy (non-hydrogen) atoms.